The van der Waals surface area contributed by atoms with Crippen LogP contribution in [-0.2, 0) is 0 Å². The maximum atomic E-state index is 13.9. The number of hydrazine groups is 1. The Kier molecular flexibility index (Phi) is 3.07. The van der Waals surface area contributed by atoms with Crippen LogP contribution in [0.2, 0.25) is 0 Å². The summed E-state index contributed by atoms with van der Waals surface area (Å²) in [5, 5.41) is 0. The molecule has 0 spiro atoms. The third-order valence-electron chi connectivity index (χ3n) is 3.49. The lowest BCUT2D eigenvalue weighted by Crippen LogP contribution is -2.31. The topological polar surface area (TPSA) is 38.0 Å². The molecule has 1 aromatic rings. The van der Waals surface area contributed by atoms with E-state index in [-0.39, 0.29) is 17.3 Å². The SMILES string of the molecule is CC1(C)CC1C(NN)c1cccc(Br)c1F. The van der Waals surface area contributed by atoms with Gasteiger partial charge in [-0.15, -0.1) is 0 Å². The fourth-order valence-corrected chi connectivity index (χ4v) is 2.64. The highest BCUT2D eigenvalue weighted by Gasteiger charge is 2.50. The molecule has 1 aliphatic carbocycles. The van der Waals surface area contributed by atoms with Gasteiger partial charge in [0.2, 0.25) is 0 Å². The number of hydrogen-bond acceptors (Lipinski definition) is 2. The summed E-state index contributed by atoms with van der Waals surface area (Å²) in [5.41, 5.74) is 3.64. The second-order valence-corrected chi connectivity index (χ2v) is 5.94. The van der Waals surface area contributed by atoms with Crippen molar-refractivity contribution in [2.24, 2.45) is 17.2 Å². The minimum atomic E-state index is -0.215. The van der Waals surface area contributed by atoms with E-state index in [4.69, 9.17) is 5.84 Å². The van der Waals surface area contributed by atoms with E-state index in [1.165, 1.54) is 0 Å². The van der Waals surface area contributed by atoms with Crippen LogP contribution in [0.25, 0.3) is 0 Å². The van der Waals surface area contributed by atoms with E-state index < -0.39 is 0 Å². The van der Waals surface area contributed by atoms with Crippen LogP contribution in [0.15, 0.2) is 22.7 Å². The normalized spacial score (nSPS) is 24.2. The molecule has 0 aliphatic heterocycles. The quantitative estimate of drug-likeness (QED) is 0.662. The van der Waals surface area contributed by atoms with E-state index in [9.17, 15) is 4.39 Å². The second-order valence-electron chi connectivity index (χ2n) is 5.09. The molecule has 1 fully saturated rings. The first-order chi connectivity index (χ1) is 7.47. The molecular weight excluding hydrogens is 271 g/mol. The standard InChI is InChI=1S/C12H16BrFN2/c1-12(2)6-8(12)11(16-15)7-4-3-5-9(13)10(7)14/h3-5,8,11,16H,6,15H2,1-2H3. The summed E-state index contributed by atoms with van der Waals surface area (Å²) in [4.78, 5) is 0. The van der Waals surface area contributed by atoms with Gasteiger partial charge >= 0.3 is 0 Å². The van der Waals surface area contributed by atoms with E-state index >= 15 is 0 Å². The van der Waals surface area contributed by atoms with Crippen LogP contribution in [0, 0.1) is 17.2 Å². The molecule has 16 heavy (non-hydrogen) atoms. The lowest BCUT2D eigenvalue weighted by molar-refractivity contribution is 0.408. The van der Waals surface area contributed by atoms with Crippen LogP contribution in [0.1, 0.15) is 31.9 Å². The van der Waals surface area contributed by atoms with Crippen LogP contribution in [0.3, 0.4) is 0 Å². The highest BCUT2D eigenvalue weighted by atomic mass is 79.9. The molecular formula is C12H16BrFN2. The number of nitrogens with one attached hydrogen (secondary N) is 1. The molecule has 2 atom stereocenters. The average Bonchev–Trinajstić information content (AvgIpc) is 2.83. The number of benzene rings is 1. The molecule has 2 unspecified atom stereocenters. The second kappa shape index (κ2) is 4.09. The van der Waals surface area contributed by atoms with Crippen molar-refractivity contribution in [3.63, 3.8) is 0 Å². The Morgan fingerprint density at radius 1 is 1.56 bits per heavy atom. The van der Waals surface area contributed by atoms with Crippen molar-refractivity contribution in [3.05, 3.63) is 34.1 Å². The number of halogens is 2. The van der Waals surface area contributed by atoms with E-state index in [1.54, 1.807) is 12.1 Å². The third-order valence-corrected chi connectivity index (χ3v) is 4.10. The molecule has 0 bridgehead atoms. The monoisotopic (exact) mass is 286 g/mol. The minimum Gasteiger partial charge on any atom is -0.271 e. The van der Waals surface area contributed by atoms with Crippen molar-refractivity contribution < 1.29 is 4.39 Å². The van der Waals surface area contributed by atoms with Gasteiger partial charge in [-0.1, -0.05) is 26.0 Å². The first-order valence-corrected chi connectivity index (χ1v) is 6.16. The summed E-state index contributed by atoms with van der Waals surface area (Å²) in [5.74, 6) is 5.74. The molecule has 0 radical (unpaired) electrons. The molecule has 2 nitrogen and oxygen atoms in total. The van der Waals surface area contributed by atoms with E-state index in [2.05, 4.69) is 35.2 Å². The molecule has 88 valence electrons. The molecule has 1 saturated carbocycles. The summed E-state index contributed by atoms with van der Waals surface area (Å²) in [6.07, 6.45) is 1.08. The summed E-state index contributed by atoms with van der Waals surface area (Å²) in [6.45, 7) is 4.36. The van der Waals surface area contributed by atoms with Crippen molar-refractivity contribution in [1.82, 2.24) is 5.43 Å². The zero-order chi connectivity index (χ0) is 11.9. The van der Waals surface area contributed by atoms with Gasteiger partial charge in [-0.25, -0.2) is 4.39 Å². The highest BCUT2D eigenvalue weighted by Crippen LogP contribution is 2.57. The van der Waals surface area contributed by atoms with Gasteiger partial charge in [-0.05, 0) is 39.8 Å². The van der Waals surface area contributed by atoms with Gasteiger partial charge in [0.15, 0.2) is 0 Å². The molecule has 0 aromatic heterocycles. The number of nitrogens with two attached hydrogens (primary N) is 1. The largest absolute Gasteiger partial charge is 0.271 e. The first-order valence-electron chi connectivity index (χ1n) is 5.37. The van der Waals surface area contributed by atoms with Gasteiger partial charge in [0, 0.05) is 5.56 Å². The summed E-state index contributed by atoms with van der Waals surface area (Å²) >= 11 is 3.20. The molecule has 3 N–H and O–H groups in total. The molecule has 0 amide bonds. The number of rotatable bonds is 3. The van der Waals surface area contributed by atoms with Gasteiger partial charge in [0.1, 0.15) is 5.82 Å². The first kappa shape index (κ1) is 12.0. The maximum absolute atomic E-state index is 13.9. The van der Waals surface area contributed by atoms with Crippen LogP contribution in [0.4, 0.5) is 4.39 Å². The number of hydrogen-bond donors (Lipinski definition) is 2. The Bertz CT molecular complexity index is 406. The predicted octanol–water partition coefficient (Wildman–Crippen LogP) is 3.14. The minimum absolute atomic E-state index is 0.104. The third kappa shape index (κ3) is 2.01. The fraction of sp³-hybridized carbons (Fsp3) is 0.500. The van der Waals surface area contributed by atoms with Gasteiger partial charge in [-0.2, -0.15) is 0 Å². The molecule has 1 aliphatic rings. The Balaban J connectivity index is 2.31. The molecule has 4 heteroatoms. The maximum Gasteiger partial charge on any atom is 0.142 e. The Labute approximate surface area is 104 Å². The fourth-order valence-electron chi connectivity index (χ4n) is 2.26. The Morgan fingerprint density at radius 3 is 2.69 bits per heavy atom. The van der Waals surface area contributed by atoms with Crippen molar-refractivity contribution in [1.29, 1.82) is 0 Å². The predicted molar refractivity (Wildman–Crippen MR) is 66.1 cm³/mol. The molecule has 0 saturated heterocycles. The molecule has 2 rings (SSSR count). The summed E-state index contributed by atoms with van der Waals surface area (Å²) in [7, 11) is 0. The molecule has 1 aromatic carbocycles. The Hall–Kier alpha value is -0.450. The van der Waals surface area contributed by atoms with Crippen LogP contribution in [-0.4, -0.2) is 0 Å². The van der Waals surface area contributed by atoms with E-state index in [1.807, 2.05) is 6.07 Å². The van der Waals surface area contributed by atoms with Gasteiger partial charge in [0.05, 0.1) is 10.5 Å². The van der Waals surface area contributed by atoms with E-state index in [0.29, 0.717) is 16.0 Å². The molecule has 0 heterocycles. The lowest BCUT2D eigenvalue weighted by Gasteiger charge is -2.19. The van der Waals surface area contributed by atoms with Crippen LogP contribution >= 0.6 is 15.9 Å². The van der Waals surface area contributed by atoms with Crippen molar-refractivity contribution in [2.45, 2.75) is 26.3 Å². The highest BCUT2D eigenvalue weighted by molar-refractivity contribution is 9.10. The van der Waals surface area contributed by atoms with Crippen LogP contribution in [0.5, 0.6) is 0 Å². The zero-order valence-electron chi connectivity index (χ0n) is 9.43. The lowest BCUT2D eigenvalue weighted by atomic mass is 9.97. The zero-order valence-corrected chi connectivity index (χ0v) is 11.0. The Morgan fingerprint density at radius 2 is 2.19 bits per heavy atom. The van der Waals surface area contributed by atoms with Gasteiger partial charge in [0.25, 0.3) is 0 Å². The van der Waals surface area contributed by atoms with E-state index in [0.717, 1.165) is 6.42 Å². The summed E-state index contributed by atoms with van der Waals surface area (Å²) < 4.78 is 14.4. The smallest absolute Gasteiger partial charge is 0.142 e. The average molecular weight is 287 g/mol. The van der Waals surface area contributed by atoms with Crippen molar-refractivity contribution in [3.8, 4) is 0 Å². The summed E-state index contributed by atoms with van der Waals surface area (Å²) in [6, 6.07) is 5.22. The van der Waals surface area contributed by atoms with Crippen molar-refractivity contribution in [2.75, 3.05) is 0 Å². The van der Waals surface area contributed by atoms with Crippen molar-refractivity contribution >= 4 is 15.9 Å². The van der Waals surface area contributed by atoms with Gasteiger partial charge in [-0.3, -0.25) is 11.3 Å². The van der Waals surface area contributed by atoms with Gasteiger partial charge < -0.3 is 0 Å². The van der Waals surface area contributed by atoms with Crippen LogP contribution < -0.4 is 11.3 Å².